The van der Waals surface area contributed by atoms with Crippen molar-refractivity contribution >= 4 is 11.8 Å². The van der Waals surface area contributed by atoms with Crippen LogP contribution in [0.15, 0.2) is 24.3 Å². The molecule has 0 bridgehead atoms. The van der Waals surface area contributed by atoms with Gasteiger partial charge in [0.15, 0.2) is 0 Å². The maximum Gasteiger partial charge on any atom is 0.416 e. The second-order valence-electron chi connectivity index (χ2n) is 6.07. The summed E-state index contributed by atoms with van der Waals surface area (Å²) in [7, 11) is 0. The van der Waals surface area contributed by atoms with Crippen molar-refractivity contribution < 1.29 is 22.8 Å². The molecular weight excluding hydrogens is 335 g/mol. The minimum absolute atomic E-state index is 0.162. The molecule has 0 aliphatic carbocycles. The van der Waals surface area contributed by atoms with E-state index < -0.39 is 11.7 Å². The number of likely N-dealkylation sites (tertiary alicyclic amines) is 1. The number of rotatable bonds is 5. The Morgan fingerprint density at radius 3 is 2.48 bits per heavy atom. The SMILES string of the molecule is NCCC(=O)NCC1CCCCN1C(=O)c1ccc(C(F)(F)F)cc1. The minimum Gasteiger partial charge on any atom is -0.354 e. The van der Waals surface area contributed by atoms with Crippen molar-refractivity contribution in [2.45, 2.75) is 37.9 Å². The van der Waals surface area contributed by atoms with E-state index in [1.807, 2.05) is 0 Å². The third kappa shape index (κ3) is 5.19. The fourth-order valence-electron chi connectivity index (χ4n) is 2.90. The molecular formula is C17H22F3N3O2. The number of alkyl halides is 3. The Balaban J connectivity index is 2.05. The van der Waals surface area contributed by atoms with Crippen LogP contribution in [0.1, 0.15) is 41.6 Å². The van der Waals surface area contributed by atoms with Gasteiger partial charge in [-0.2, -0.15) is 13.2 Å². The van der Waals surface area contributed by atoms with E-state index in [1.165, 1.54) is 12.1 Å². The van der Waals surface area contributed by atoms with Crippen LogP contribution >= 0.6 is 0 Å². The fraction of sp³-hybridized carbons (Fsp3) is 0.529. The van der Waals surface area contributed by atoms with Crippen molar-refractivity contribution in [3.05, 3.63) is 35.4 Å². The van der Waals surface area contributed by atoms with Crippen molar-refractivity contribution in [2.75, 3.05) is 19.6 Å². The zero-order valence-electron chi connectivity index (χ0n) is 13.8. The third-order valence-electron chi connectivity index (χ3n) is 4.25. The average molecular weight is 357 g/mol. The Morgan fingerprint density at radius 2 is 1.88 bits per heavy atom. The summed E-state index contributed by atoms with van der Waals surface area (Å²) >= 11 is 0. The number of hydrogen-bond donors (Lipinski definition) is 2. The Labute approximate surface area is 144 Å². The molecule has 0 saturated carbocycles. The first-order chi connectivity index (χ1) is 11.8. The first-order valence-corrected chi connectivity index (χ1v) is 8.28. The first-order valence-electron chi connectivity index (χ1n) is 8.28. The van der Waals surface area contributed by atoms with E-state index >= 15 is 0 Å². The molecule has 1 saturated heterocycles. The average Bonchev–Trinajstić information content (AvgIpc) is 2.59. The number of amides is 2. The standard InChI is InChI=1S/C17H22F3N3O2/c18-17(19,20)13-6-4-12(5-7-13)16(25)23-10-2-1-3-14(23)11-22-15(24)8-9-21/h4-7,14H,1-3,8-11,21H2,(H,22,24). The van der Waals surface area contributed by atoms with E-state index in [4.69, 9.17) is 5.73 Å². The minimum atomic E-state index is -4.43. The van der Waals surface area contributed by atoms with Crippen LogP contribution in [0.3, 0.4) is 0 Å². The van der Waals surface area contributed by atoms with Gasteiger partial charge in [-0.15, -0.1) is 0 Å². The number of nitrogens with two attached hydrogens (primary N) is 1. The topological polar surface area (TPSA) is 75.4 Å². The lowest BCUT2D eigenvalue weighted by molar-refractivity contribution is -0.137. The largest absolute Gasteiger partial charge is 0.416 e. The number of hydrogen-bond acceptors (Lipinski definition) is 3. The summed E-state index contributed by atoms with van der Waals surface area (Å²) in [5.74, 6) is -0.485. The highest BCUT2D eigenvalue weighted by molar-refractivity contribution is 5.94. The van der Waals surface area contributed by atoms with Gasteiger partial charge in [-0.25, -0.2) is 0 Å². The summed E-state index contributed by atoms with van der Waals surface area (Å²) in [5.41, 5.74) is 4.76. The highest BCUT2D eigenvalue weighted by atomic mass is 19.4. The number of carbonyl (C=O) groups is 2. The molecule has 5 nitrogen and oxygen atoms in total. The third-order valence-corrected chi connectivity index (χ3v) is 4.25. The quantitative estimate of drug-likeness (QED) is 0.848. The zero-order valence-corrected chi connectivity index (χ0v) is 13.8. The molecule has 1 aliphatic heterocycles. The molecule has 25 heavy (non-hydrogen) atoms. The lowest BCUT2D eigenvalue weighted by atomic mass is 10.00. The zero-order chi connectivity index (χ0) is 18.4. The molecule has 0 aromatic heterocycles. The van der Waals surface area contributed by atoms with Gasteiger partial charge >= 0.3 is 6.18 Å². The van der Waals surface area contributed by atoms with Gasteiger partial charge < -0.3 is 16.0 Å². The molecule has 1 aromatic rings. The number of nitrogens with zero attached hydrogens (tertiary/aromatic N) is 1. The van der Waals surface area contributed by atoms with Gasteiger partial charge in [0.2, 0.25) is 5.91 Å². The number of nitrogens with one attached hydrogen (secondary N) is 1. The van der Waals surface area contributed by atoms with Gasteiger partial charge in [-0.3, -0.25) is 9.59 Å². The number of halogens is 3. The Hall–Kier alpha value is -2.09. The molecule has 2 amide bonds. The summed E-state index contributed by atoms with van der Waals surface area (Å²) in [6.07, 6.45) is -1.69. The molecule has 1 atom stereocenters. The van der Waals surface area contributed by atoms with Crippen LogP contribution in [0, 0.1) is 0 Å². The summed E-state index contributed by atoms with van der Waals surface area (Å²) in [6.45, 7) is 1.10. The number of benzene rings is 1. The van der Waals surface area contributed by atoms with Crippen molar-refractivity contribution in [3.63, 3.8) is 0 Å². The molecule has 138 valence electrons. The van der Waals surface area contributed by atoms with Crippen molar-refractivity contribution in [1.29, 1.82) is 0 Å². The number of carbonyl (C=O) groups excluding carboxylic acids is 2. The van der Waals surface area contributed by atoms with Gasteiger partial charge in [0, 0.05) is 37.7 Å². The van der Waals surface area contributed by atoms with Crippen LogP contribution in [-0.4, -0.2) is 42.4 Å². The van der Waals surface area contributed by atoms with Crippen LogP contribution < -0.4 is 11.1 Å². The molecule has 0 radical (unpaired) electrons. The van der Waals surface area contributed by atoms with Crippen molar-refractivity contribution in [1.82, 2.24) is 10.2 Å². The Kier molecular flexibility index (Phi) is 6.41. The molecule has 2 rings (SSSR count). The van der Waals surface area contributed by atoms with Crippen LogP contribution in [0.2, 0.25) is 0 Å². The second-order valence-corrected chi connectivity index (χ2v) is 6.07. The number of piperidine rings is 1. The molecule has 1 heterocycles. The monoisotopic (exact) mass is 357 g/mol. The highest BCUT2D eigenvalue weighted by Gasteiger charge is 2.31. The first kappa shape index (κ1) is 19.2. The molecule has 1 fully saturated rings. The van der Waals surface area contributed by atoms with Crippen LogP contribution in [0.25, 0.3) is 0 Å². The van der Waals surface area contributed by atoms with E-state index in [9.17, 15) is 22.8 Å². The molecule has 1 aliphatic rings. The fourth-order valence-corrected chi connectivity index (χ4v) is 2.90. The Morgan fingerprint density at radius 1 is 1.20 bits per heavy atom. The van der Waals surface area contributed by atoms with Gasteiger partial charge in [0.1, 0.15) is 0 Å². The predicted molar refractivity (Wildman–Crippen MR) is 86.8 cm³/mol. The van der Waals surface area contributed by atoms with Gasteiger partial charge in [0.25, 0.3) is 5.91 Å². The van der Waals surface area contributed by atoms with Crippen LogP contribution in [0.5, 0.6) is 0 Å². The highest BCUT2D eigenvalue weighted by Crippen LogP contribution is 2.29. The van der Waals surface area contributed by atoms with Gasteiger partial charge in [-0.05, 0) is 43.5 Å². The second kappa shape index (κ2) is 8.33. The normalized spacial score (nSPS) is 18.1. The smallest absolute Gasteiger partial charge is 0.354 e. The summed E-state index contributed by atoms with van der Waals surface area (Å²) in [4.78, 5) is 25.8. The van der Waals surface area contributed by atoms with Crippen molar-refractivity contribution in [3.8, 4) is 0 Å². The van der Waals surface area contributed by atoms with Gasteiger partial charge in [-0.1, -0.05) is 0 Å². The summed E-state index contributed by atoms with van der Waals surface area (Å²) in [6, 6.07) is 4.06. The predicted octanol–water partition coefficient (Wildman–Crippen LogP) is 2.17. The molecule has 0 spiro atoms. The van der Waals surface area contributed by atoms with E-state index in [2.05, 4.69) is 5.32 Å². The molecule has 8 heteroatoms. The molecule has 1 unspecified atom stereocenters. The lowest BCUT2D eigenvalue weighted by Crippen LogP contribution is -2.49. The lowest BCUT2D eigenvalue weighted by Gasteiger charge is -2.36. The van der Waals surface area contributed by atoms with Crippen LogP contribution in [-0.2, 0) is 11.0 Å². The van der Waals surface area contributed by atoms with E-state index in [1.54, 1.807) is 4.90 Å². The van der Waals surface area contributed by atoms with Gasteiger partial charge in [0.05, 0.1) is 5.56 Å². The molecule has 1 aromatic carbocycles. The maximum absolute atomic E-state index is 12.7. The summed E-state index contributed by atoms with van der Waals surface area (Å²) < 4.78 is 37.9. The van der Waals surface area contributed by atoms with E-state index in [0.717, 1.165) is 31.4 Å². The summed E-state index contributed by atoms with van der Waals surface area (Å²) in [5, 5.41) is 2.76. The van der Waals surface area contributed by atoms with E-state index in [-0.39, 0.29) is 36.4 Å². The van der Waals surface area contributed by atoms with E-state index in [0.29, 0.717) is 13.1 Å². The maximum atomic E-state index is 12.7. The Bertz CT molecular complexity index is 602. The van der Waals surface area contributed by atoms with Crippen molar-refractivity contribution in [2.24, 2.45) is 5.73 Å². The van der Waals surface area contributed by atoms with Crippen LogP contribution in [0.4, 0.5) is 13.2 Å². The molecule has 3 N–H and O–H groups in total.